The molecule has 0 radical (unpaired) electrons. The molecule has 1 aliphatic heterocycles. The van der Waals surface area contributed by atoms with Crippen molar-refractivity contribution < 1.29 is 18.7 Å². The van der Waals surface area contributed by atoms with E-state index in [9.17, 15) is 9.18 Å². The van der Waals surface area contributed by atoms with Crippen LogP contribution >= 0.6 is 0 Å². The second-order valence-corrected chi connectivity index (χ2v) is 6.42. The monoisotopic (exact) mass is 363 g/mol. The molecular weight excluding hydrogens is 345 g/mol. The highest BCUT2D eigenvalue weighted by atomic mass is 19.1. The molecule has 1 atom stereocenters. The lowest BCUT2D eigenvalue weighted by Crippen LogP contribution is -2.37. The summed E-state index contributed by atoms with van der Waals surface area (Å²) < 4.78 is 26.1. The molecule has 4 rings (SSSR count). The van der Waals surface area contributed by atoms with Crippen molar-refractivity contribution in [3.05, 3.63) is 94.8 Å². The molecule has 5 heteroatoms. The molecule has 136 valence electrons. The number of esters is 1. The normalized spacial score (nSPS) is 18.0. The Kier molecular flexibility index (Phi) is 4.07. The van der Waals surface area contributed by atoms with Crippen molar-refractivity contribution in [2.75, 3.05) is 12.4 Å². The average molecular weight is 363 g/mol. The predicted octanol–water partition coefficient (Wildman–Crippen LogP) is 4.63. The minimum Gasteiger partial charge on any atom is -0.495 e. The molecule has 0 amide bonds. The summed E-state index contributed by atoms with van der Waals surface area (Å²) in [5.41, 5.74) is 1.15. The van der Waals surface area contributed by atoms with E-state index in [1.807, 2.05) is 43.3 Å². The summed E-state index contributed by atoms with van der Waals surface area (Å²) in [7, 11) is 1.55. The molecule has 0 bridgehead atoms. The Labute approximate surface area is 156 Å². The average Bonchev–Trinajstić information content (AvgIpc) is 2.97. The minimum atomic E-state index is -1.49. The number of hydrogen-bond acceptors (Lipinski definition) is 4. The summed E-state index contributed by atoms with van der Waals surface area (Å²) in [6.45, 7) is 1.96. The third-order valence-corrected chi connectivity index (χ3v) is 4.71. The Balaban J connectivity index is 1.96. The standard InChI is InChI=1S/C22H18FNO3/c1-14-10-12-15(13-11-14)22(24-18-8-3-4-9-19(18)26-2)20-16(21(25)27-22)6-5-7-17(20)23/h3-13,24H,1-2H3. The van der Waals surface area contributed by atoms with Crippen LogP contribution in [0.3, 0.4) is 0 Å². The molecule has 0 saturated heterocycles. The van der Waals surface area contributed by atoms with E-state index in [2.05, 4.69) is 5.32 Å². The van der Waals surface area contributed by atoms with Gasteiger partial charge in [0.15, 0.2) is 0 Å². The van der Waals surface area contributed by atoms with Gasteiger partial charge in [0, 0.05) is 5.56 Å². The Morgan fingerprint density at radius 2 is 1.74 bits per heavy atom. The second-order valence-electron chi connectivity index (χ2n) is 6.42. The molecule has 1 unspecified atom stereocenters. The van der Waals surface area contributed by atoms with E-state index in [1.54, 1.807) is 25.3 Å². The SMILES string of the molecule is COc1ccccc1NC1(c2ccc(C)cc2)OC(=O)c2cccc(F)c21. The number of rotatable bonds is 4. The highest BCUT2D eigenvalue weighted by Gasteiger charge is 2.49. The van der Waals surface area contributed by atoms with E-state index in [-0.39, 0.29) is 11.1 Å². The molecule has 1 N–H and O–H groups in total. The zero-order valence-corrected chi connectivity index (χ0v) is 15.0. The van der Waals surface area contributed by atoms with Crippen LogP contribution in [0.4, 0.5) is 10.1 Å². The van der Waals surface area contributed by atoms with Crippen molar-refractivity contribution in [2.45, 2.75) is 12.6 Å². The van der Waals surface area contributed by atoms with Crippen LogP contribution < -0.4 is 10.1 Å². The molecule has 0 fully saturated rings. The van der Waals surface area contributed by atoms with Gasteiger partial charge < -0.3 is 14.8 Å². The van der Waals surface area contributed by atoms with Gasteiger partial charge in [-0.1, -0.05) is 48.0 Å². The van der Waals surface area contributed by atoms with Gasteiger partial charge in [-0.2, -0.15) is 0 Å². The van der Waals surface area contributed by atoms with Crippen molar-refractivity contribution in [2.24, 2.45) is 0 Å². The number of methoxy groups -OCH3 is 1. The van der Waals surface area contributed by atoms with Crippen molar-refractivity contribution >= 4 is 11.7 Å². The number of carbonyl (C=O) groups excluding carboxylic acids is 1. The number of cyclic esters (lactones) is 1. The molecule has 1 aliphatic rings. The highest BCUT2D eigenvalue weighted by molar-refractivity contribution is 5.96. The first-order valence-electron chi connectivity index (χ1n) is 8.56. The molecular formula is C22H18FNO3. The third-order valence-electron chi connectivity index (χ3n) is 4.71. The fraction of sp³-hybridized carbons (Fsp3) is 0.136. The van der Waals surface area contributed by atoms with Crippen LogP contribution in [-0.4, -0.2) is 13.1 Å². The van der Waals surface area contributed by atoms with Gasteiger partial charge >= 0.3 is 5.97 Å². The number of aryl methyl sites for hydroxylation is 1. The van der Waals surface area contributed by atoms with Gasteiger partial charge in [0.1, 0.15) is 11.6 Å². The molecule has 0 saturated carbocycles. The summed E-state index contributed by atoms with van der Waals surface area (Å²) in [4.78, 5) is 12.6. The summed E-state index contributed by atoms with van der Waals surface area (Å²) in [6.07, 6.45) is 0. The molecule has 27 heavy (non-hydrogen) atoms. The van der Waals surface area contributed by atoms with Gasteiger partial charge in [-0.15, -0.1) is 0 Å². The van der Waals surface area contributed by atoms with Crippen LogP contribution in [0.2, 0.25) is 0 Å². The number of anilines is 1. The van der Waals surface area contributed by atoms with Crippen LogP contribution in [0.5, 0.6) is 5.75 Å². The van der Waals surface area contributed by atoms with E-state index in [0.717, 1.165) is 5.56 Å². The van der Waals surface area contributed by atoms with E-state index in [4.69, 9.17) is 9.47 Å². The topological polar surface area (TPSA) is 47.6 Å². The predicted molar refractivity (Wildman–Crippen MR) is 100 cm³/mol. The summed E-state index contributed by atoms with van der Waals surface area (Å²) >= 11 is 0. The fourth-order valence-corrected chi connectivity index (χ4v) is 3.39. The van der Waals surface area contributed by atoms with Crippen molar-refractivity contribution in [1.82, 2.24) is 0 Å². The summed E-state index contributed by atoms with van der Waals surface area (Å²) in [6, 6.07) is 19.1. The first-order valence-corrected chi connectivity index (χ1v) is 8.56. The van der Waals surface area contributed by atoms with Crippen molar-refractivity contribution in [3.8, 4) is 5.75 Å². The number of carbonyl (C=O) groups is 1. The van der Waals surface area contributed by atoms with Gasteiger partial charge in [-0.25, -0.2) is 9.18 Å². The smallest absolute Gasteiger partial charge is 0.341 e. The lowest BCUT2D eigenvalue weighted by atomic mass is 9.91. The lowest BCUT2D eigenvalue weighted by Gasteiger charge is -2.32. The summed E-state index contributed by atoms with van der Waals surface area (Å²) in [5.74, 6) is -0.529. The number of ether oxygens (including phenoxy) is 2. The first kappa shape index (κ1) is 17.1. The Morgan fingerprint density at radius 1 is 1.00 bits per heavy atom. The van der Waals surface area contributed by atoms with E-state index in [1.165, 1.54) is 12.1 Å². The zero-order chi connectivity index (χ0) is 19.0. The number of fused-ring (bicyclic) bond motifs is 1. The van der Waals surface area contributed by atoms with E-state index >= 15 is 0 Å². The number of benzene rings is 3. The quantitative estimate of drug-likeness (QED) is 0.687. The van der Waals surface area contributed by atoms with Gasteiger partial charge in [0.05, 0.1) is 23.9 Å². The van der Waals surface area contributed by atoms with Crippen LogP contribution in [0.1, 0.15) is 27.0 Å². The van der Waals surface area contributed by atoms with Crippen molar-refractivity contribution in [3.63, 3.8) is 0 Å². The van der Waals surface area contributed by atoms with E-state index in [0.29, 0.717) is 17.0 Å². The highest BCUT2D eigenvalue weighted by Crippen LogP contribution is 2.45. The van der Waals surface area contributed by atoms with Gasteiger partial charge in [-0.05, 0) is 31.2 Å². The fourth-order valence-electron chi connectivity index (χ4n) is 3.39. The molecule has 1 heterocycles. The molecule has 3 aromatic carbocycles. The summed E-state index contributed by atoms with van der Waals surface area (Å²) in [5, 5.41) is 3.23. The molecule has 0 aliphatic carbocycles. The number of nitrogens with one attached hydrogen (secondary N) is 1. The van der Waals surface area contributed by atoms with Gasteiger partial charge in [-0.3, -0.25) is 0 Å². The van der Waals surface area contributed by atoms with Crippen LogP contribution in [0, 0.1) is 12.7 Å². The number of halogens is 1. The largest absolute Gasteiger partial charge is 0.495 e. The number of hydrogen-bond donors (Lipinski definition) is 1. The van der Waals surface area contributed by atoms with Crippen LogP contribution in [0.15, 0.2) is 66.7 Å². The van der Waals surface area contributed by atoms with E-state index < -0.39 is 17.5 Å². The van der Waals surface area contributed by atoms with Crippen LogP contribution in [0.25, 0.3) is 0 Å². The lowest BCUT2D eigenvalue weighted by molar-refractivity contribution is 0.0205. The van der Waals surface area contributed by atoms with Gasteiger partial charge in [0.25, 0.3) is 0 Å². The molecule has 4 nitrogen and oxygen atoms in total. The Bertz CT molecular complexity index is 1020. The Hall–Kier alpha value is -3.34. The maximum Gasteiger partial charge on any atom is 0.341 e. The maximum absolute atomic E-state index is 14.9. The molecule has 0 aromatic heterocycles. The first-order chi connectivity index (χ1) is 13.0. The number of para-hydroxylation sites is 2. The van der Waals surface area contributed by atoms with Gasteiger partial charge in [0.2, 0.25) is 5.72 Å². The van der Waals surface area contributed by atoms with Crippen molar-refractivity contribution in [1.29, 1.82) is 0 Å². The molecule has 0 spiro atoms. The van der Waals surface area contributed by atoms with Crippen LogP contribution in [-0.2, 0) is 10.5 Å². The maximum atomic E-state index is 14.9. The second kappa shape index (κ2) is 6.43. The minimum absolute atomic E-state index is 0.171. The Morgan fingerprint density at radius 3 is 2.48 bits per heavy atom. The zero-order valence-electron chi connectivity index (χ0n) is 15.0. The molecule has 3 aromatic rings. The third kappa shape index (κ3) is 2.72.